The van der Waals surface area contributed by atoms with Crippen LogP contribution in [-0.4, -0.2) is 27.0 Å². The third kappa shape index (κ3) is 6.11. The van der Waals surface area contributed by atoms with Crippen molar-refractivity contribution < 1.29 is 14.0 Å². The number of terminal acetylenes is 1. The second-order valence-electron chi connectivity index (χ2n) is 6.19. The number of carbonyl (C=O) groups is 1. The number of rotatable bonds is 8. The maximum Gasteiger partial charge on any atom is 0.311 e. The molecule has 0 radical (unpaired) electrons. The average molecular weight is 298 g/mol. The summed E-state index contributed by atoms with van der Waals surface area (Å²) < 4.78 is 11.5. The van der Waals surface area contributed by atoms with E-state index >= 15 is 0 Å². The van der Waals surface area contributed by atoms with Gasteiger partial charge >= 0.3 is 5.97 Å². The topological polar surface area (TPSA) is 35.5 Å². The minimum atomic E-state index is -1.70. The van der Waals surface area contributed by atoms with Crippen LogP contribution in [0.4, 0.5) is 0 Å². The van der Waals surface area contributed by atoms with Crippen molar-refractivity contribution in [2.45, 2.75) is 72.2 Å². The van der Waals surface area contributed by atoms with E-state index in [1.165, 1.54) is 0 Å². The zero-order chi connectivity index (χ0) is 15.8. The van der Waals surface area contributed by atoms with Crippen molar-refractivity contribution in [3.63, 3.8) is 0 Å². The first-order valence-corrected chi connectivity index (χ1v) is 10.1. The molecule has 0 aromatic rings. The highest BCUT2D eigenvalue weighted by Gasteiger charge is 2.31. The average Bonchev–Trinajstić information content (AvgIpc) is 2.42. The number of esters is 1. The van der Waals surface area contributed by atoms with Crippen molar-refractivity contribution >= 4 is 14.3 Å². The van der Waals surface area contributed by atoms with Crippen LogP contribution in [0.15, 0.2) is 0 Å². The molecule has 0 aliphatic heterocycles. The van der Waals surface area contributed by atoms with E-state index in [1.54, 1.807) is 0 Å². The Hall–Kier alpha value is -0.793. The smallest absolute Gasteiger partial charge is 0.311 e. The molecular formula is C16H30O3Si. The van der Waals surface area contributed by atoms with E-state index in [0.29, 0.717) is 13.0 Å². The molecule has 0 rings (SSSR count). The molecule has 20 heavy (non-hydrogen) atoms. The molecule has 0 amide bonds. The fraction of sp³-hybridized carbons (Fsp3) is 0.812. The summed E-state index contributed by atoms with van der Waals surface area (Å²) in [4.78, 5) is 11.7. The minimum Gasteiger partial charge on any atom is -0.465 e. The lowest BCUT2D eigenvalue weighted by molar-refractivity contribution is -0.153. The van der Waals surface area contributed by atoms with E-state index in [-0.39, 0.29) is 12.1 Å². The predicted octanol–water partition coefficient (Wildman–Crippen LogP) is 3.99. The van der Waals surface area contributed by atoms with Gasteiger partial charge in [0.05, 0.1) is 12.0 Å². The molecule has 0 aromatic carbocycles. The van der Waals surface area contributed by atoms with Crippen LogP contribution >= 0.6 is 0 Å². The van der Waals surface area contributed by atoms with Crippen LogP contribution in [0, 0.1) is 17.8 Å². The molecule has 1 atom stereocenters. The summed E-state index contributed by atoms with van der Waals surface area (Å²) in [5, 5.41) is 0. The van der Waals surface area contributed by atoms with Crippen LogP contribution < -0.4 is 0 Å². The van der Waals surface area contributed by atoms with Gasteiger partial charge in [0.1, 0.15) is 6.10 Å². The summed E-state index contributed by atoms with van der Waals surface area (Å²) in [5.74, 6) is 2.50. The first-order valence-electron chi connectivity index (χ1n) is 7.55. The Labute approximate surface area is 125 Å². The maximum atomic E-state index is 11.7. The van der Waals surface area contributed by atoms with Crippen molar-refractivity contribution in [1.29, 1.82) is 0 Å². The predicted molar refractivity (Wildman–Crippen MR) is 85.9 cm³/mol. The van der Waals surface area contributed by atoms with Crippen LogP contribution in [-0.2, 0) is 14.0 Å². The molecule has 0 aliphatic rings. The Kier molecular flexibility index (Phi) is 8.15. The van der Waals surface area contributed by atoms with Gasteiger partial charge in [0.25, 0.3) is 0 Å². The van der Waals surface area contributed by atoms with Crippen LogP contribution in [0.25, 0.3) is 0 Å². The molecule has 0 saturated carbocycles. The van der Waals surface area contributed by atoms with E-state index in [9.17, 15) is 4.79 Å². The third-order valence-corrected chi connectivity index (χ3v) is 8.39. The largest absolute Gasteiger partial charge is 0.465 e. The third-order valence-electron chi connectivity index (χ3n) is 3.74. The van der Waals surface area contributed by atoms with Crippen molar-refractivity contribution in [3.05, 3.63) is 0 Å². The Bertz CT molecular complexity index is 326. The molecule has 3 nitrogen and oxygen atoms in total. The quantitative estimate of drug-likeness (QED) is 0.386. The lowest BCUT2D eigenvalue weighted by Crippen LogP contribution is -2.40. The Morgan fingerprint density at radius 1 is 1.20 bits per heavy atom. The Morgan fingerprint density at radius 3 is 2.05 bits per heavy atom. The molecule has 0 N–H and O–H groups in total. The van der Waals surface area contributed by atoms with E-state index < -0.39 is 13.7 Å². The van der Waals surface area contributed by atoms with Gasteiger partial charge in [0, 0.05) is 6.42 Å². The monoisotopic (exact) mass is 298 g/mol. The molecular weight excluding hydrogens is 268 g/mol. The van der Waals surface area contributed by atoms with E-state index in [0.717, 1.165) is 18.1 Å². The van der Waals surface area contributed by atoms with Crippen LogP contribution in [0.2, 0.25) is 18.1 Å². The second-order valence-corrected chi connectivity index (χ2v) is 10.9. The van der Waals surface area contributed by atoms with Gasteiger partial charge in [0.15, 0.2) is 8.32 Å². The summed E-state index contributed by atoms with van der Waals surface area (Å²) in [5.41, 5.74) is -0.471. The van der Waals surface area contributed by atoms with Gasteiger partial charge in [-0.3, -0.25) is 4.79 Å². The molecule has 0 heterocycles. The fourth-order valence-corrected chi connectivity index (χ4v) is 4.74. The van der Waals surface area contributed by atoms with Crippen LogP contribution in [0.5, 0.6) is 0 Å². The normalized spacial score (nSPS) is 13.7. The van der Waals surface area contributed by atoms with Crippen molar-refractivity contribution in [2.24, 2.45) is 5.41 Å². The van der Waals surface area contributed by atoms with Gasteiger partial charge in [-0.25, -0.2) is 0 Å². The number of carbonyl (C=O) groups excluding carboxylic acids is 1. The van der Waals surface area contributed by atoms with Crippen molar-refractivity contribution in [1.82, 2.24) is 0 Å². The van der Waals surface area contributed by atoms with Gasteiger partial charge in [-0.15, -0.1) is 6.42 Å². The number of hydrogen-bond acceptors (Lipinski definition) is 3. The summed E-state index contributed by atoms with van der Waals surface area (Å²) in [7, 11) is -1.70. The van der Waals surface area contributed by atoms with E-state index in [2.05, 4.69) is 26.7 Å². The molecule has 0 saturated heterocycles. The minimum absolute atomic E-state index is 0.196. The maximum absolute atomic E-state index is 11.7. The summed E-state index contributed by atoms with van der Waals surface area (Å²) in [6, 6.07) is 3.21. The number of hydrogen-bond donors (Lipinski definition) is 0. The van der Waals surface area contributed by atoms with Gasteiger partial charge in [-0.2, -0.15) is 0 Å². The molecule has 0 fully saturated rings. The standard InChI is InChI=1S/C16H30O3Si/c1-8-14(19-20(9-2,10-3)11-4)12-13-18-15(17)16(5,6)7/h1,14H,9-13H2,2-7H3/t14-/m1/s1. The fourth-order valence-electron chi connectivity index (χ4n) is 1.95. The lowest BCUT2D eigenvalue weighted by atomic mass is 9.97. The summed E-state index contributed by atoms with van der Waals surface area (Å²) in [6.07, 6.45) is 5.89. The first kappa shape index (κ1) is 19.2. The highest BCUT2D eigenvalue weighted by atomic mass is 28.4. The Morgan fingerprint density at radius 2 is 1.70 bits per heavy atom. The molecule has 0 spiro atoms. The van der Waals surface area contributed by atoms with Gasteiger partial charge in [0.2, 0.25) is 0 Å². The summed E-state index contributed by atoms with van der Waals surface area (Å²) in [6.45, 7) is 12.4. The molecule has 0 unspecified atom stereocenters. The van der Waals surface area contributed by atoms with Crippen LogP contribution in [0.3, 0.4) is 0 Å². The SMILES string of the molecule is C#C[C@H](CCOC(=O)C(C)(C)C)O[Si](CC)(CC)CC. The van der Waals surface area contributed by atoms with E-state index in [4.69, 9.17) is 15.6 Å². The highest BCUT2D eigenvalue weighted by Crippen LogP contribution is 2.24. The first-order chi connectivity index (χ1) is 9.24. The van der Waals surface area contributed by atoms with E-state index in [1.807, 2.05) is 20.8 Å². The van der Waals surface area contributed by atoms with Gasteiger partial charge in [-0.1, -0.05) is 26.7 Å². The van der Waals surface area contributed by atoms with Gasteiger partial charge in [-0.05, 0) is 38.9 Å². The summed E-state index contributed by atoms with van der Waals surface area (Å²) >= 11 is 0. The van der Waals surface area contributed by atoms with Gasteiger partial charge < -0.3 is 9.16 Å². The zero-order valence-electron chi connectivity index (χ0n) is 13.9. The second kappa shape index (κ2) is 8.48. The van der Waals surface area contributed by atoms with Crippen molar-refractivity contribution in [2.75, 3.05) is 6.61 Å². The molecule has 0 aromatic heterocycles. The molecule has 4 heteroatoms. The van der Waals surface area contributed by atoms with Crippen LogP contribution in [0.1, 0.15) is 48.0 Å². The zero-order valence-corrected chi connectivity index (χ0v) is 14.9. The molecule has 0 bridgehead atoms. The lowest BCUT2D eigenvalue weighted by Gasteiger charge is -2.31. The molecule has 0 aliphatic carbocycles. The highest BCUT2D eigenvalue weighted by molar-refractivity contribution is 6.73. The molecule has 116 valence electrons. The number of ether oxygens (including phenoxy) is 1. The van der Waals surface area contributed by atoms with Crippen molar-refractivity contribution in [3.8, 4) is 12.3 Å². The Balaban J connectivity index is 4.38.